The van der Waals surface area contributed by atoms with E-state index in [0.29, 0.717) is 12.6 Å². The molecule has 3 nitrogen and oxygen atoms in total. The zero-order valence-corrected chi connectivity index (χ0v) is 8.13. The van der Waals surface area contributed by atoms with Crippen LogP contribution in [0, 0.1) is 0 Å². The largest absolute Gasteiger partial charge is 0.381 e. The van der Waals surface area contributed by atoms with Gasteiger partial charge in [-0.3, -0.25) is 0 Å². The van der Waals surface area contributed by atoms with Gasteiger partial charge in [-0.15, -0.1) is 6.58 Å². The van der Waals surface area contributed by atoms with Gasteiger partial charge in [0.05, 0.1) is 13.2 Å². The van der Waals surface area contributed by atoms with Crippen molar-refractivity contribution in [2.75, 3.05) is 33.0 Å². The first kappa shape index (κ1) is 10.7. The van der Waals surface area contributed by atoms with Crippen LogP contribution in [0.2, 0.25) is 0 Å². The normalized spacial score (nSPS) is 18.8. The van der Waals surface area contributed by atoms with Crippen molar-refractivity contribution in [1.82, 2.24) is 5.32 Å². The van der Waals surface area contributed by atoms with Crippen molar-refractivity contribution in [2.24, 2.45) is 0 Å². The lowest BCUT2D eigenvalue weighted by Crippen LogP contribution is -2.36. The maximum absolute atomic E-state index is 5.26. The van der Waals surface area contributed by atoms with Gasteiger partial charge >= 0.3 is 0 Å². The van der Waals surface area contributed by atoms with Crippen LogP contribution in [-0.4, -0.2) is 39.0 Å². The Morgan fingerprint density at radius 3 is 2.92 bits per heavy atom. The third kappa shape index (κ3) is 5.03. The summed E-state index contributed by atoms with van der Waals surface area (Å²) in [6.07, 6.45) is 4.03. The highest BCUT2D eigenvalue weighted by Crippen LogP contribution is 2.05. The summed E-state index contributed by atoms with van der Waals surface area (Å²) in [5, 5.41) is 3.44. The molecule has 0 aromatic rings. The molecule has 1 aliphatic rings. The van der Waals surface area contributed by atoms with Crippen molar-refractivity contribution >= 4 is 0 Å². The summed E-state index contributed by atoms with van der Waals surface area (Å²) in [5.74, 6) is 0. The Hall–Kier alpha value is -0.380. The summed E-state index contributed by atoms with van der Waals surface area (Å²) < 4.78 is 10.5. The quantitative estimate of drug-likeness (QED) is 0.494. The molecule has 0 spiro atoms. The summed E-state index contributed by atoms with van der Waals surface area (Å²) in [6.45, 7) is 7.72. The topological polar surface area (TPSA) is 30.5 Å². The summed E-state index contributed by atoms with van der Waals surface area (Å²) in [7, 11) is 0. The van der Waals surface area contributed by atoms with E-state index in [1.807, 2.05) is 0 Å². The molecular formula is C10H19NO2. The smallest absolute Gasteiger partial charge is 0.0645 e. The average molecular weight is 185 g/mol. The van der Waals surface area contributed by atoms with Gasteiger partial charge in [0.15, 0.2) is 0 Å². The van der Waals surface area contributed by atoms with Gasteiger partial charge in [0.25, 0.3) is 0 Å². The Morgan fingerprint density at radius 1 is 1.46 bits per heavy atom. The molecule has 0 bridgehead atoms. The molecule has 76 valence electrons. The van der Waals surface area contributed by atoms with E-state index in [-0.39, 0.29) is 0 Å². The zero-order chi connectivity index (χ0) is 9.36. The number of rotatable bonds is 6. The minimum atomic E-state index is 0.626. The van der Waals surface area contributed by atoms with Gasteiger partial charge in [-0.05, 0) is 12.8 Å². The van der Waals surface area contributed by atoms with Crippen LogP contribution in [0.15, 0.2) is 12.7 Å². The predicted molar refractivity (Wildman–Crippen MR) is 52.9 cm³/mol. The van der Waals surface area contributed by atoms with Gasteiger partial charge in [-0.1, -0.05) is 6.08 Å². The SMILES string of the molecule is C=CCOCCNC1CCOCC1. The highest BCUT2D eigenvalue weighted by Gasteiger charge is 2.11. The van der Waals surface area contributed by atoms with Crippen LogP contribution in [0.25, 0.3) is 0 Å². The Kier molecular flexibility index (Phi) is 5.81. The monoisotopic (exact) mass is 185 g/mol. The van der Waals surface area contributed by atoms with Gasteiger partial charge in [-0.2, -0.15) is 0 Å². The zero-order valence-electron chi connectivity index (χ0n) is 8.13. The molecule has 0 unspecified atom stereocenters. The van der Waals surface area contributed by atoms with Gasteiger partial charge < -0.3 is 14.8 Å². The minimum Gasteiger partial charge on any atom is -0.381 e. The lowest BCUT2D eigenvalue weighted by atomic mass is 10.1. The van der Waals surface area contributed by atoms with Crippen LogP contribution in [-0.2, 0) is 9.47 Å². The highest BCUT2D eigenvalue weighted by atomic mass is 16.5. The standard InChI is InChI=1S/C10H19NO2/c1-2-6-12-9-5-11-10-3-7-13-8-4-10/h2,10-11H,1,3-9H2. The fourth-order valence-corrected chi connectivity index (χ4v) is 1.40. The van der Waals surface area contributed by atoms with Crippen LogP contribution < -0.4 is 5.32 Å². The maximum atomic E-state index is 5.26. The highest BCUT2D eigenvalue weighted by molar-refractivity contribution is 4.70. The lowest BCUT2D eigenvalue weighted by Gasteiger charge is -2.23. The third-order valence-electron chi connectivity index (χ3n) is 2.14. The summed E-state index contributed by atoms with van der Waals surface area (Å²) in [4.78, 5) is 0. The van der Waals surface area contributed by atoms with Crippen LogP contribution >= 0.6 is 0 Å². The van der Waals surface area contributed by atoms with E-state index in [0.717, 1.165) is 39.2 Å². The van der Waals surface area contributed by atoms with E-state index < -0.39 is 0 Å². The summed E-state index contributed by atoms with van der Waals surface area (Å²) >= 11 is 0. The molecule has 0 saturated carbocycles. The third-order valence-corrected chi connectivity index (χ3v) is 2.14. The average Bonchev–Trinajstić information content (AvgIpc) is 2.19. The van der Waals surface area contributed by atoms with Crippen molar-refractivity contribution in [2.45, 2.75) is 18.9 Å². The van der Waals surface area contributed by atoms with E-state index in [2.05, 4.69) is 11.9 Å². The first-order valence-corrected chi connectivity index (χ1v) is 4.93. The van der Waals surface area contributed by atoms with E-state index in [4.69, 9.17) is 9.47 Å². The maximum Gasteiger partial charge on any atom is 0.0645 e. The molecule has 0 atom stereocenters. The van der Waals surface area contributed by atoms with Crippen molar-refractivity contribution in [3.05, 3.63) is 12.7 Å². The summed E-state index contributed by atoms with van der Waals surface area (Å²) in [6, 6.07) is 0.626. The Bertz CT molecular complexity index is 133. The summed E-state index contributed by atoms with van der Waals surface area (Å²) in [5.41, 5.74) is 0. The van der Waals surface area contributed by atoms with Crippen molar-refractivity contribution in [3.63, 3.8) is 0 Å². The molecule has 3 heteroatoms. The molecule has 0 radical (unpaired) electrons. The Labute approximate surface area is 80.1 Å². The molecule has 1 rings (SSSR count). The fourth-order valence-electron chi connectivity index (χ4n) is 1.40. The lowest BCUT2D eigenvalue weighted by molar-refractivity contribution is 0.0744. The van der Waals surface area contributed by atoms with Gasteiger partial charge in [-0.25, -0.2) is 0 Å². The number of ether oxygens (including phenoxy) is 2. The van der Waals surface area contributed by atoms with Crippen LogP contribution in [0.4, 0.5) is 0 Å². The second-order valence-electron chi connectivity index (χ2n) is 3.20. The van der Waals surface area contributed by atoms with E-state index in [1.54, 1.807) is 6.08 Å². The molecule has 1 aliphatic heterocycles. The van der Waals surface area contributed by atoms with Gasteiger partial charge in [0, 0.05) is 25.8 Å². The Morgan fingerprint density at radius 2 is 2.23 bits per heavy atom. The first-order chi connectivity index (χ1) is 6.43. The van der Waals surface area contributed by atoms with Gasteiger partial charge in [0.1, 0.15) is 0 Å². The fraction of sp³-hybridized carbons (Fsp3) is 0.800. The second-order valence-corrected chi connectivity index (χ2v) is 3.20. The molecule has 1 fully saturated rings. The molecule has 0 amide bonds. The first-order valence-electron chi connectivity index (χ1n) is 4.93. The van der Waals surface area contributed by atoms with Gasteiger partial charge in [0.2, 0.25) is 0 Å². The predicted octanol–water partition coefficient (Wildman–Crippen LogP) is 0.958. The molecule has 0 aliphatic carbocycles. The van der Waals surface area contributed by atoms with E-state index >= 15 is 0 Å². The Balaban J connectivity index is 1.89. The molecule has 1 heterocycles. The van der Waals surface area contributed by atoms with Crippen LogP contribution in [0.5, 0.6) is 0 Å². The number of hydrogen-bond acceptors (Lipinski definition) is 3. The number of nitrogens with one attached hydrogen (secondary N) is 1. The second kappa shape index (κ2) is 7.06. The molecule has 1 saturated heterocycles. The van der Waals surface area contributed by atoms with Crippen LogP contribution in [0.1, 0.15) is 12.8 Å². The van der Waals surface area contributed by atoms with E-state index in [9.17, 15) is 0 Å². The molecular weight excluding hydrogens is 166 g/mol. The molecule has 1 N–H and O–H groups in total. The van der Waals surface area contributed by atoms with Crippen LogP contribution in [0.3, 0.4) is 0 Å². The molecule has 0 aromatic carbocycles. The van der Waals surface area contributed by atoms with Crippen molar-refractivity contribution < 1.29 is 9.47 Å². The van der Waals surface area contributed by atoms with E-state index in [1.165, 1.54) is 0 Å². The van der Waals surface area contributed by atoms with Crippen molar-refractivity contribution in [3.8, 4) is 0 Å². The number of hydrogen-bond donors (Lipinski definition) is 1. The molecule has 13 heavy (non-hydrogen) atoms. The van der Waals surface area contributed by atoms with Crippen molar-refractivity contribution in [1.29, 1.82) is 0 Å². The minimum absolute atomic E-state index is 0.626. The molecule has 0 aromatic heterocycles.